The molecule has 0 amide bonds. The number of ether oxygens (including phenoxy) is 3. The van der Waals surface area contributed by atoms with E-state index in [0.717, 1.165) is 144 Å². The molecular weight excluding hydrogens is 971 g/mol. The van der Waals surface area contributed by atoms with Gasteiger partial charge in [0.05, 0.1) is 63.1 Å². The summed E-state index contributed by atoms with van der Waals surface area (Å²) in [5.74, 6) is 0.942. The van der Waals surface area contributed by atoms with Crippen molar-refractivity contribution in [2.75, 3.05) is 7.11 Å². The zero-order valence-electron chi connectivity index (χ0n) is 41.0. The van der Waals surface area contributed by atoms with Crippen LogP contribution in [0.15, 0.2) is 81.8 Å². The molecule has 4 aliphatic rings. The molecule has 4 heterocycles. The number of benzene rings is 4. The van der Waals surface area contributed by atoms with E-state index in [4.69, 9.17) is 23.3 Å². The summed E-state index contributed by atoms with van der Waals surface area (Å²) in [4.78, 5) is 32.1. The summed E-state index contributed by atoms with van der Waals surface area (Å²) in [5, 5.41) is 19.8. The van der Waals surface area contributed by atoms with Crippen molar-refractivity contribution in [3.63, 3.8) is 0 Å². The monoisotopic (exact) mass is 1030 g/mol. The van der Waals surface area contributed by atoms with Gasteiger partial charge in [-0.15, -0.1) is 22.7 Å². The minimum absolute atomic E-state index is 0.0473. The summed E-state index contributed by atoms with van der Waals surface area (Å²) >= 11 is 2.83. The molecule has 0 radical (unpaired) electrons. The van der Waals surface area contributed by atoms with Crippen molar-refractivity contribution in [3.05, 3.63) is 139 Å². The number of carbonyl (C=O) groups is 2. The Morgan fingerprint density at radius 1 is 0.644 bits per heavy atom. The van der Waals surface area contributed by atoms with Crippen LogP contribution >= 0.6 is 22.7 Å². The Balaban J connectivity index is 0.000000157. The highest BCUT2D eigenvalue weighted by molar-refractivity contribution is 7.18. The Kier molecular flexibility index (Phi) is 14.1. The summed E-state index contributed by atoms with van der Waals surface area (Å²) in [6.07, 6.45) is 12.3. The maximum absolute atomic E-state index is 14.5. The first-order valence-corrected chi connectivity index (χ1v) is 26.9. The number of aryl methyl sites for hydroxylation is 2. The molecule has 0 spiro atoms. The highest BCUT2D eigenvalue weighted by Gasteiger charge is 2.36. The summed E-state index contributed by atoms with van der Waals surface area (Å²) in [5.41, 5.74) is 9.22. The number of carboxylic acids is 1. The van der Waals surface area contributed by atoms with Gasteiger partial charge >= 0.3 is 11.9 Å². The van der Waals surface area contributed by atoms with E-state index in [0.29, 0.717) is 51.8 Å². The number of hydrogen-bond donors (Lipinski definition) is 1. The first-order chi connectivity index (χ1) is 35.5. The van der Waals surface area contributed by atoms with Crippen molar-refractivity contribution in [2.24, 2.45) is 11.8 Å². The number of aromatic carboxylic acids is 1. The Morgan fingerprint density at radius 2 is 1.10 bits per heavy atom. The predicted octanol–water partition coefficient (Wildman–Crippen LogP) is 13.9. The lowest BCUT2D eigenvalue weighted by Gasteiger charge is -2.13. The van der Waals surface area contributed by atoms with Crippen molar-refractivity contribution in [2.45, 2.75) is 128 Å². The van der Waals surface area contributed by atoms with Crippen LogP contribution < -0.4 is 0 Å². The minimum Gasteiger partial charge on any atom is -0.478 e. The number of hydrogen-bond acceptors (Lipinski definition) is 13. The van der Waals surface area contributed by atoms with Crippen molar-refractivity contribution in [1.82, 2.24) is 20.3 Å². The van der Waals surface area contributed by atoms with Gasteiger partial charge in [0.15, 0.2) is 11.6 Å². The molecule has 1 N–H and O–H groups in total. The van der Waals surface area contributed by atoms with Gasteiger partial charge in [0.2, 0.25) is 0 Å². The van der Waals surface area contributed by atoms with Crippen LogP contribution in [0.5, 0.6) is 0 Å². The molecule has 16 heteroatoms. The number of fused-ring (bicyclic) bond motifs is 2. The number of carboxylic acid groups (broad SMARTS) is 1. The van der Waals surface area contributed by atoms with Crippen LogP contribution in [-0.4, -0.2) is 56.6 Å². The number of nitrogens with zero attached hydrogens (tertiary/aromatic N) is 4. The van der Waals surface area contributed by atoms with Gasteiger partial charge in [-0.1, -0.05) is 58.8 Å². The van der Waals surface area contributed by atoms with E-state index in [1.165, 1.54) is 47.5 Å². The van der Waals surface area contributed by atoms with E-state index in [-0.39, 0.29) is 28.9 Å². The number of rotatable bonds is 16. The highest BCUT2D eigenvalue weighted by atomic mass is 32.1. The van der Waals surface area contributed by atoms with E-state index in [1.807, 2.05) is 24.3 Å². The van der Waals surface area contributed by atoms with Crippen molar-refractivity contribution >= 4 is 55.0 Å². The SMILES string of the molecule is COC(=O)c1cc(F)c2nc(C[C@@H]3CC[C@H](OCc4c(-c5ccccc5C)noc4C4CC4)C3)sc2c1.Cc1ccccc1-c1noc(C2CC2)c1CO[C@H]1CC[C@@H](Cc2nc3c(F)cc(C(=O)O)cc3s2)C1. The van der Waals surface area contributed by atoms with E-state index in [2.05, 4.69) is 58.4 Å². The Bertz CT molecular complexity index is 3340. The molecule has 12 nitrogen and oxygen atoms in total. The Morgan fingerprint density at radius 3 is 1.53 bits per heavy atom. The van der Waals surface area contributed by atoms with Gasteiger partial charge in [0.25, 0.3) is 0 Å². The molecule has 0 bridgehead atoms. The molecule has 73 heavy (non-hydrogen) atoms. The van der Waals surface area contributed by atoms with Gasteiger partial charge in [-0.25, -0.2) is 28.3 Å². The van der Waals surface area contributed by atoms with Crippen molar-refractivity contribution in [1.29, 1.82) is 0 Å². The van der Waals surface area contributed by atoms with Gasteiger partial charge in [0, 0.05) is 46.9 Å². The number of aromatic nitrogens is 4. The lowest BCUT2D eigenvalue weighted by Crippen LogP contribution is -2.10. The van der Waals surface area contributed by atoms with Gasteiger partial charge in [-0.05, 0) is 125 Å². The van der Waals surface area contributed by atoms with E-state index < -0.39 is 23.6 Å². The fraction of sp³-hybridized carbons (Fsp3) is 0.404. The number of carbonyl (C=O) groups excluding carboxylic acids is 1. The third-order valence-corrected chi connectivity index (χ3v) is 16.9. The second kappa shape index (κ2) is 21.0. The summed E-state index contributed by atoms with van der Waals surface area (Å²) in [7, 11) is 1.29. The van der Waals surface area contributed by atoms with Gasteiger partial charge < -0.3 is 28.4 Å². The molecule has 12 rings (SSSR count). The summed E-state index contributed by atoms with van der Waals surface area (Å²) in [6.45, 7) is 5.17. The van der Waals surface area contributed by atoms with Crippen LogP contribution in [0.2, 0.25) is 0 Å². The largest absolute Gasteiger partial charge is 0.478 e. The molecule has 4 aromatic heterocycles. The van der Waals surface area contributed by atoms with Crippen molar-refractivity contribution < 1.29 is 46.7 Å². The van der Waals surface area contributed by atoms with Crippen molar-refractivity contribution in [3.8, 4) is 22.5 Å². The maximum Gasteiger partial charge on any atom is 0.338 e. The maximum atomic E-state index is 14.5. The molecule has 0 saturated heterocycles. The standard InChI is InChI=1S/C29H29FN2O4S.C28H27FN2O4S/c1-16-5-3-4-6-21(16)26-22(28(36-32-26)18-8-9-18)15-35-20-10-7-17(11-20)12-25-31-27-23(30)13-19(29(33)34-2)14-24(27)37-25;1-15-4-2-3-5-20(15)25-21(27(35-31-25)17-7-8-17)14-34-19-9-6-16(10-19)11-24-30-26-22(29)12-18(28(32)33)13-23(26)36-24/h3-6,13-14,17-18,20H,7-12,15H2,1-2H3;2-5,12-13,16-17,19H,6-11,14H2,1H3,(H,32,33)/t17-,20+;16-,19+/m11/s1. The fourth-order valence-electron chi connectivity index (χ4n) is 10.6. The van der Waals surface area contributed by atoms with E-state index in [9.17, 15) is 23.5 Å². The van der Waals surface area contributed by atoms with Gasteiger partial charge in [-0.2, -0.15) is 0 Å². The first-order valence-electron chi connectivity index (χ1n) is 25.3. The molecule has 0 aliphatic heterocycles. The molecule has 4 aromatic carbocycles. The zero-order valence-corrected chi connectivity index (χ0v) is 42.6. The van der Waals surface area contributed by atoms with Crippen LogP contribution in [0.4, 0.5) is 8.78 Å². The lowest BCUT2D eigenvalue weighted by molar-refractivity contribution is 0.0422. The normalized spacial score (nSPS) is 19.7. The topological polar surface area (TPSA) is 160 Å². The molecule has 4 fully saturated rings. The number of methoxy groups -OCH3 is 1. The smallest absolute Gasteiger partial charge is 0.338 e. The van der Waals surface area contributed by atoms with Crippen LogP contribution in [0, 0.1) is 37.3 Å². The molecule has 4 saturated carbocycles. The molecule has 4 aliphatic carbocycles. The quantitative estimate of drug-likeness (QED) is 0.0914. The first kappa shape index (κ1) is 49.0. The Hall–Kier alpha value is -6.20. The minimum atomic E-state index is -1.13. The third kappa shape index (κ3) is 10.8. The highest BCUT2D eigenvalue weighted by Crippen LogP contribution is 2.47. The molecule has 4 atom stereocenters. The second-order valence-corrected chi connectivity index (χ2v) is 22.4. The van der Waals surface area contributed by atoms with Gasteiger partial charge in [-0.3, -0.25) is 0 Å². The number of halogens is 2. The predicted molar refractivity (Wildman–Crippen MR) is 274 cm³/mol. The van der Waals surface area contributed by atoms with E-state index in [1.54, 1.807) is 6.07 Å². The summed E-state index contributed by atoms with van der Waals surface area (Å²) < 4.78 is 59.4. The van der Waals surface area contributed by atoms with Gasteiger partial charge in [0.1, 0.15) is 33.9 Å². The lowest BCUT2D eigenvalue weighted by atomic mass is 10.0. The van der Waals surface area contributed by atoms with Crippen LogP contribution in [-0.2, 0) is 40.3 Å². The van der Waals surface area contributed by atoms with Crippen LogP contribution in [0.1, 0.15) is 141 Å². The number of esters is 1. The van der Waals surface area contributed by atoms with Crippen LogP contribution in [0.25, 0.3) is 42.9 Å². The zero-order chi connectivity index (χ0) is 50.3. The average Bonchev–Trinajstić information content (AvgIpc) is 3.95. The molecule has 8 aromatic rings. The third-order valence-electron chi connectivity index (χ3n) is 14.8. The molecule has 378 valence electrons. The average molecular weight is 1030 g/mol. The van der Waals surface area contributed by atoms with E-state index >= 15 is 0 Å². The molecular formula is C57H56F2N4O8S2. The summed E-state index contributed by atoms with van der Waals surface area (Å²) in [6, 6.07) is 21.9. The second-order valence-electron chi connectivity index (χ2n) is 20.2. The van der Waals surface area contributed by atoms with Crippen LogP contribution in [0.3, 0.4) is 0 Å². The Labute approximate surface area is 429 Å². The number of thiazole rings is 2. The fourth-order valence-corrected chi connectivity index (χ4v) is 12.9. The molecule has 0 unspecified atom stereocenters.